The van der Waals surface area contributed by atoms with Crippen molar-refractivity contribution in [2.75, 3.05) is 0 Å². The minimum Gasteiger partial charge on any atom is -0.326 e. The van der Waals surface area contributed by atoms with Gasteiger partial charge in [-0.05, 0) is 44.9 Å². The van der Waals surface area contributed by atoms with Crippen LogP contribution in [0.15, 0.2) is 24.3 Å². The molecule has 0 saturated heterocycles. The van der Waals surface area contributed by atoms with Gasteiger partial charge in [-0.2, -0.15) is 5.10 Å². The Balaban J connectivity index is 2.59. The highest BCUT2D eigenvalue weighted by Gasteiger charge is 2.24. The molecule has 0 aliphatic heterocycles. The Morgan fingerprint density at radius 2 is 1.84 bits per heavy atom. The third-order valence-corrected chi connectivity index (χ3v) is 4.02. The van der Waals surface area contributed by atoms with E-state index in [9.17, 15) is 0 Å². The predicted molar refractivity (Wildman–Crippen MR) is 79.7 cm³/mol. The topological polar surface area (TPSA) is 43.8 Å². The Bertz CT molecular complexity index is 587. The highest BCUT2D eigenvalue weighted by molar-refractivity contribution is 6.31. The van der Waals surface area contributed by atoms with Crippen LogP contribution in [0.5, 0.6) is 0 Å². The number of hydrogen-bond donors (Lipinski definition) is 1. The second-order valence-electron chi connectivity index (χ2n) is 5.07. The SMILES string of the molecule is Cc1nn(C(c2ccccc2Cl)C(C)N)c(C)c1C. The van der Waals surface area contributed by atoms with E-state index in [2.05, 4.69) is 18.9 Å². The molecule has 0 bridgehead atoms. The van der Waals surface area contributed by atoms with Crippen LogP contribution in [-0.4, -0.2) is 15.8 Å². The molecule has 2 rings (SSSR count). The predicted octanol–water partition coefficient (Wildman–Crippen LogP) is 3.40. The van der Waals surface area contributed by atoms with Crippen molar-refractivity contribution in [2.24, 2.45) is 5.73 Å². The lowest BCUT2D eigenvalue weighted by atomic mass is 10.0. The molecule has 0 fully saturated rings. The van der Waals surface area contributed by atoms with Crippen LogP contribution in [0.3, 0.4) is 0 Å². The van der Waals surface area contributed by atoms with Crippen molar-refractivity contribution in [1.82, 2.24) is 9.78 Å². The van der Waals surface area contributed by atoms with Crippen molar-refractivity contribution in [1.29, 1.82) is 0 Å². The lowest BCUT2D eigenvalue weighted by molar-refractivity contribution is 0.443. The Labute approximate surface area is 119 Å². The molecule has 2 atom stereocenters. The van der Waals surface area contributed by atoms with Gasteiger partial charge in [-0.15, -0.1) is 0 Å². The van der Waals surface area contributed by atoms with Gasteiger partial charge in [0.05, 0.1) is 11.7 Å². The van der Waals surface area contributed by atoms with E-state index in [0.29, 0.717) is 0 Å². The van der Waals surface area contributed by atoms with Crippen LogP contribution >= 0.6 is 11.6 Å². The van der Waals surface area contributed by atoms with Crippen LogP contribution in [0.4, 0.5) is 0 Å². The zero-order valence-electron chi connectivity index (χ0n) is 11.8. The van der Waals surface area contributed by atoms with Crippen molar-refractivity contribution in [3.05, 3.63) is 51.8 Å². The number of aryl methyl sites for hydroxylation is 1. The van der Waals surface area contributed by atoms with Gasteiger partial charge in [0.15, 0.2) is 0 Å². The van der Waals surface area contributed by atoms with Gasteiger partial charge in [0.2, 0.25) is 0 Å². The fourth-order valence-electron chi connectivity index (χ4n) is 2.37. The third kappa shape index (κ3) is 2.53. The van der Waals surface area contributed by atoms with Crippen molar-refractivity contribution >= 4 is 11.6 Å². The zero-order valence-corrected chi connectivity index (χ0v) is 12.6. The first kappa shape index (κ1) is 14.1. The molecule has 1 aromatic carbocycles. The monoisotopic (exact) mass is 277 g/mol. The maximum absolute atomic E-state index is 6.32. The summed E-state index contributed by atoms with van der Waals surface area (Å²) >= 11 is 6.32. The molecule has 2 N–H and O–H groups in total. The first-order valence-corrected chi connectivity index (χ1v) is 6.83. The Morgan fingerprint density at radius 1 is 1.21 bits per heavy atom. The quantitative estimate of drug-likeness (QED) is 0.934. The number of nitrogens with zero attached hydrogens (tertiary/aromatic N) is 2. The molecule has 102 valence electrons. The largest absolute Gasteiger partial charge is 0.326 e. The number of benzene rings is 1. The summed E-state index contributed by atoms with van der Waals surface area (Å²) in [5, 5.41) is 5.36. The number of rotatable bonds is 3. The molecule has 0 saturated carbocycles. The van der Waals surface area contributed by atoms with Crippen LogP contribution in [0.2, 0.25) is 5.02 Å². The average Bonchev–Trinajstić information content (AvgIpc) is 2.60. The molecular formula is C15H20ClN3. The first-order valence-electron chi connectivity index (χ1n) is 6.45. The summed E-state index contributed by atoms with van der Waals surface area (Å²) in [6.07, 6.45) is 0. The minimum atomic E-state index is -0.0719. The lowest BCUT2D eigenvalue weighted by Crippen LogP contribution is -2.31. The van der Waals surface area contributed by atoms with Gasteiger partial charge in [0.25, 0.3) is 0 Å². The molecule has 3 nitrogen and oxygen atoms in total. The number of halogens is 1. The maximum atomic E-state index is 6.32. The normalized spacial score (nSPS) is 14.4. The Hall–Kier alpha value is -1.32. The number of nitrogens with two attached hydrogens (primary N) is 1. The summed E-state index contributed by atoms with van der Waals surface area (Å²) in [5.74, 6) is 0. The van der Waals surface area contributed by atoms with Crippen LogP contribution in [0.25, 0.3) is 0 Å². The van der Waals surface area contributed by atoms with E-state index in [1.165, 1.54) is 5.56 Å². The van der Waals surface area contributed by atoms with Gasteiger partial charge in [0, 0.05) is 16.8 Å². The van der Waals surface area contributed by atoms with Gasteiger partial charge >= 0.3 is 0 Å². The van der Waals surface area contributed by atoms with Crippen molar-refractivity contribution < 1.29 is 0 Å². The summed E-state index contributed by atoms with van der Waals surface area (Å²) in [6, 6.07) is 7.71. The van der Waals surface area contributed by atoms with E-state index >= 15 is 0 Å². The molecule has 0 radical (unpaired) electrons. The van der Waals surface area contributed by atoms with Gasteiger partial charge in [-0.25, -0.2) is 0 Å². The summed E-state index contributed by atoms with van der Waals surface area (Å²) in [6.45, 7) is 8.16. The molecule has 4 heteroatoms. The van der Waals surface area contributed by atoms with Gasteiger partial charge in [-0.1, -0.05) is 29.8 Å². The summed E-state index contributed by atoms with van der Waals surface area (Å²) in [7, 11) is 0. The first-order chi connectivity index (χ1) is 8.93. The number of hydrogen-bond acceptors (Lipinski definition) is 2. The molecule has 0 amide bonds. The van der Waals surface area contributed by atoms with Gasteiger partial charge in [-0.3, -0.25) is 4.68 Å². The highest BCUT2D eigenvalue weighted by atomic mass is 35.5. The Morgan fingerprint density at radius 3 is 2.32 bits per heavy atom. The molecule has 19 heavy (non-hydrogen) atoms. The summed E-state index contributed by atoms with van der Waals surface area (Å²) in [4.78, 5) is 0. The number of aromatic nitrogens is 2. The van der Waals surface area contributed by atoms with Gasteiger partial charge < -0.3 is 5.73 Å². The summed E-state index contributed by atoms with van der Waals surface area (Å²) < 4.78 is 2.00. The smallest absolute Gasteiger partial charge is 0.0934 e. The van der Waals surface area contributed by atoms with E-state index < -0.39 is 0 Å². The fraction of sp³-hybridized carbons (Fsp3) is 0.400. The van der Waals surface area contributed by atoms with Crippen LogP contribution in [0, 0.1) is 20.8 Å². The second kappa shape index (κ2) is 5.35. The van der Waals surface area contributed by atoms with Crippen molar-refractivity contribution in [3.8, 4) is 0 Å². The molecule has 2 unspecified atom stereocenters. The molecule has 1 aromatic heterocycles. The van der Waals surface area contributed by atoms with Crippen LogP contribution in [-0.2, 0) is 0 Å². The standard InChI is InChI=1S/C15H20ClN3/c1-9-11(3)18-19(12(9)4)15(10(2)17)13-7-5-6-8-14(13)16/h5-8,10,15H,17H2,1-4H3. The molecule has 0 aliphatic rings. The van der Waals surface area contributed by atoms with E-state index in [-0.39, 0.29) is 12.1 Å². The van der Waals surface area contributed by atoms with E-state index in [0.717, 1.165) is 22.0 Å². The van der Waals surface area contributed by atoms with E-state index in [1.807, 2.05) is 42.8 Å². The fourth-order valence-corrected chi connectivity index (χ4v) is 2.62. The van der Waals surface area contributed by atoms with Crippen molar-refractivity contribution in [3.63, 3.8) is 0 Å². The van der Waals surface area contributed by atoms with Gasteiger partial charge in [0.1, 0.15) is 0 Å². The van der Waals surface area contributed by atoms with Crippen molar-refractivity contribution in [2.45, 2.75) is 39.8 Å². The second-order valence-corrected chi connectivity index (χ2v) is 5.47. The van der Waals surface area contributed by atoms with Crippen LogP contribution in [0.1, 0.15) is 35.5 Å². The minimum absolute atomic E-state index is 0.0406. The highest BCUT2D eigenvalue weighted by Crippen LogP contribution is 2.29. The molecule has 2 aromatic rings. The lowest BCUT2D eigenvalue weighted by Gasteiger charge is -2.24. The Kier molecular flexibility index (Phi) is 3.97. The van der Waals surface area contributed by atoms with E-state index in [4.69, 9.17) is 17.3 Å². The third-order valence-electron chi connectivity index (χ3n) is 3.67. The molecule has 0 spiro atoms. The average molecular weight is 278 g/mol. The zero-order chi connectivity index (χ0) is 14.2. The van der Waals surface area contributed by atoms with E-state index in [1.54, 1.807) is 0 Å². The molecule has 0 aliphatic carbocycles. The molecule has 1 heterocycles. The van der Waals surface area contributed by atoms with Crippen LogP contribution < -0.4 is 5.73 Å². The molecular weight excluding hydrogens is 258 g/mol. The summed E-state index contributed by atoms with van der Waals surface area (Å²) in [5.41, 5.74) is 10.6. The maximum Gasteiger partial charge on any atom is 0.0934 e.